The van der Waals surface area contributed by atoms with Crippen LogP contribution in [0.1, 0.15) is 10.4 Å². The van der Waals surface area contributed by atoms with Gasteiger partial charge in [-0.25, -0.2) is 0 Å². The lowest BCUT2D eigenvalue weighted by Crippen LogP contribution is -2.21. The molecule has 0 aliphatic heterocycles. The molecule has 1 rings (SSSR count). The van der Waals surface area contributed by atoms with Gasteiger partial charge in [0.25, 0.3) is 0 Å². The first-order valence-corrected chi connectivity index (χ1v) is 3.01. The molecule has 0 unspecified atom stereocenters. The van der Waals surface area contributed by atoms with E-state index in [-0.39, 0.29) is 11.1 Å². The second kappa shape index (κ2) is 2.92. The maximum absolute atomic E-state index is 10.3. The van der Waals surface area contributed by atoms with Crippen LogP contribution in [0.5, 0.6) is 0 Å². The SMILES string of the molecule is N=Cn1cccc(C=O)c1=N. The number of pyridine rings is 1. The average Bonchev–Trinajstić information content (AvgIpc) is 2.05. The molecular formula is C7H7N3O. The highest BCUT2D eigenvalue weighted by Gasteiger charge is 1.93. The van der Waals surface area contributed by atoms with Crippen LogP contribution in [0.3, 0.4) is 0 Å². The molecule has 11 heavy (non-hydrogen) atoms. The minimum absolute atomic E-state index is 0.0394. The second-order valence-electron chi connectivity index (χ2n) is 1.97. The number of aromatic nitrogens is 1. The van der Waals surface area contributed by atoms with Crippen molar-refractivity contribution in [1.29, 1.82) is 10.8 Å². The van der Waals surface area contributed by atoms with Gasteiger partial charge in [-0.2, -0.15) is 0 Å². The van der Waals surface area contributed by atoms with Gasteiger partial charge in [-0.15, -0.1) is 0 Å². The van der Waals surface area contributed by atoms with Crippen LogP contribution in [0.25, 0.3) is 0 Å². The highest BCUT2D eigenvalue weighted by Crippen LogP contribution is 1.84. The Labute approximate surface area is 63.1 Å². The van der Waals surface area contributed by atoms with Crippen molar-refractivity contribution < 1.29 is 4.79 Å². The lowest BCUT2D eigenvalue weighted by Gasteiger charge is -1.97. The molecule has 1 heterocycles. The summed E-state index contributed by atoms with van der Waals surface area (Å²) < 4.78 is 1.25. The summed E-state index contributed by atoms with van der Waals surface area (Å²) in [7, 11) is 0. The van der Waals surface area contributed by atoms with E-state index >= 15 is 0 Å². The van der Waals surface area contributed by atoms with Crippen LogP contribution < -0.4 is 5.49 Å². The summed E-state index contributed by atoms with van der Waals surface area (Å²) in [4.78, 5) is 10.3. The third kappa shape index (κ3) is 1.24. The summed E-state index contributed by atoms with van der Waals surface area (Å²) in [5, 5.41) is 14.2. The number of nitrogens with zero attached hydrogens (tertiary/aromatic N) is 1. The normalized spacial score (nSPS) is 9.09. The van der Waals surface area contributed by atoms with Gasteiger partial charge in [-0.05, 0) is 12.1 Å². The Morgan fingerprint density at radius 3 is 2.82 bits per heavy atom. The van der Waals surface area contributed by atoms with Crippen LogP contribution in [0.15, 0.2) is 18.3 Å². The number of carbonyl (C=O) groups excluding carboxylic acids is 1. The second-order valence-corrected chi connectivity index (χ2v) is 1.97. The zero-order valence-electron chi connectivity index (χ0n) is 5.74. The fraction of sp³-hybridized carbons (Fsp3) is 0. The number of carbonyl (C=O) groups is 1. The van der Waals surface area contributed by atoms with Crippen LogP contribution in [0.4, 0.5) is 0 Å². The summed E-state index contributed by atoms with van der Waals surface area (Å²) in [6.45, 7) is 0. The van der Waals surface area contributed by atoms with Gasteiger partial charge in [0.15, 0.2) is 6.29 Å². The van der Waals surface area contributed by atoms with Gasteiger partial charge in [0, 0.05) is 6.20 Å². The van der Waals surface area contributed by atoms with E-state index in [0.717, 1.165) is 6.34 Å². The molecule has 0 fully saturated rings. The van der Waals surface area contributed by atoms with Crippen molar-refractivity contribution in [3.63, 3.8) is 0 Å². The predicted molar refractivity (Wildman–Crippen MR) is 39.9 cm³/mol. The Bertz CT molecular complexity index is 311. The molecule has 2 N–H and O–H groups in total. The lowest BCUT2D eigenvalue weighted by atomic mass is 10.3. The van der Waals surface area contributed by atoms with E-state index in [1.807, 2.05) is 0 Å². The van der Waals surface area contributed by atoms with Gasteiger partial charge < -0.3 is 0 Å². The van der Waals surface area contributed by atoms with E-state index in [9.17, 15) is 4.79 Å². The van der Waals surface area contributed by atoms with E-state index in [1.165, 1.54) is 10.6 Å². The van der Waals surface area contributed by atoms with Crippen LogP contribution in [-0.4, -0.2) is 17.2 Å². The summed E-state index contributed by atoms with van der Waals surface area (Å²) in [5.74, 6) is 0. The fourth-order valence-corrected chi connectivity index (χ4v) is 0.745. The van der Waals surface area contributed by atoms with Gasteiger partial charge in [-0.3, -0.25) is 20.2 Å². The topological polar surface area (TPSA) is 69.7 Å². The predicted octanol–water partition coefficient (Wildman–Crippen LogP) is 0.235. The van der Waals surface area contributed by atoms with E-state index in [2.05, 4.69) is 0 Å². The molecule has 0 saturated carbocycles. The largest absolute Gasteiger partial charge is 0.298 e. The van der Waals surface area contributed by atoms with Crippen molar-refractivity contribution in [1.82, 2.24) is 4.57 Å². The summed E-state index contributed by atoms with van der Waals surface area (Å²) in [5.41, 5.74) is 0.327. The third-order valence-corrected chi connectivity index (χ3v) is 1.32. The molecule has 4 nitrogen and oxygen atoms in total. The molecule has 0 aliphatic carbocycles. The zero-order valence-corrected chi connectivity index (χ0v) is 5.74. The van der Waals surface area contributed by atoms with Crippen molar-refractivity contribution in [2.24, 2.45) is 0 Å². The summed E-state index contributed by atoms with van der Waals surface area (Å²) in [6.07, 6.45) is 3.12. The Balaban J connectivity index is 3.43. The molecule has 1 aromatic heterocycles. The highest BCUT2D eigenvalue weighted by molar-refractivity contribution is 5.74. The molecule has 0 atom stereocenters. The van der Waals surface area contributed by atoms with Gasteiger partial charge >= 0.3 is 0 Å². The summed E-state index contributed by atoms with van der Waals surface area (Å²) >= 11 is 0. The van der Waals surface area contributed by atoms with Gasteiger partial charge in [0.05, 0.1) is 11.9 Å². The fourth-order valence-electron chi connectivity index (χ4n) is 0.745. The molecular weight excluding hydrogens is 142 g/mol. The molecule has 0 spiro atoms. The molecule has 1 aromatic rings. The van der Waals surface area contributed by atoms with Crippen molar-refractivity contribution in [2.75, 3.05) is 0 Å². The molecule has 0 bridgehead atoms. The van der Waals surface area contributed by atoms with E-state index < -0.39 is 0 Å². The first-order valence-electron chi connectivity index (χ1n) is 3.01. The Hall–Kier alpha value is -1.71. The lowest BCUT2D eigenvalue weighted by molar-refractivity contribution is 0.112. The van der Waals surface area contributed by atoms with E-state index in [0.29, 0.717) is 6.29 Å². The van der Waals surface area contributed by atoms with Gasteiger partial charge in [0.2, 0.25) is 0 Å². The first-order chi connectivity index (χ1) is 5.29. The van der Waals surface area contributed by atoms with E-state index in [4.69, 9.17) is 10.8 Å². The van der Waals surface area contributed by atoms with Crippen molar-refractivity contribution >= 4 is 12.6 Å². The molecule has 0 amide bonds. The van der Waals surface area contributed by atoms with Gasteiger partial charge in [0.1, 0.15) is 5.49 Å². The highest BCUT2D eigenvalue weighted by atomic mass is 16.1. The molecule has 0 radical (unpaired) electrons. The Morgan fingerprint density at radius 1 is 1.55 bits per heavy atom. The summed E-state index contributed by atoms with van der Waals surface area (Å²) in [6, 6.07) is 3.15. The molecule has 0 aliphatic rings. The van der Waals surface area contributed by atoms with Crippen molar-refractivity contribution in [3.05, 3.63) is 29.4 Å². The molecule has 4 heteroatoms. The number of aldehydes is 1. The molecule has 0 aromatic carbocycles. The third-order valence-electron chi connectivity index (χ3n) is 1.32. The number of hydrogen-bond donors (Lipinski definition) is 2. The molecule has 56 valence electrons. The minimum Gasteiger partial charge on any atom is -0.298 e. The maximum Gasteiger partial charge on any atom is 0.153 e. The van der Waals surface area contributed by atoms with Crippen LogP contribution in [0, 0.1) is 10.8 Å². The van der Waals surface area contributed by atoms with E-state index in [1.54, 1.807) is 12.3 Å². The number of hydrogen-bond acceptors (Lipinski definition) is 3. The Morgan fingerprint density at radius 2 is 2.27 bits per heavy atom. The molecule has 0 saturated heterocycles. The minimum atomic E-state index is 0.0394. The maximum atomic E-state index is 10.3. The smallest absolute Gasteiger partial charge is 0.153 e. The quantitative estimate of drug-likeness (QED) is 0.353. The number of nitrogens with one attached hydrogen (secondary N) is 2. The first kappa shape index (κ1) is 7.40. The van der Waals surface area contributed by atoms with Crippen molar-refractivity contribution in [2.45, 2.75) is 0 Å². The van der Waals surface area contributed by atoms with Crippen LogP contribution in [-0.2, 0) is 0 Å². The standard InChI is InChI=1S/C7H7N3O/c8-5-10-3-1-2-6(4-11)7(10)9/h1-5,8-9H. The Kier molecular flexibility index (Phi) is 1.96. The number of rotatable bonds is 2. The van der Waals surface area contributed by atoms with Crippen molar-refractivity contribution in [3.8, 4) is 0 Å². The average molecular weight is 149 g/mol. The monoisotopic (exact) mass is 149 g/mol. The van der Waals surface area contributed by atoms with Crippen LogP contribution in [0.2, 0.25) is 0 Å². The van der Waals surface area contributed by atoms with Crippen LogP contribution >= 0.6 is 0 Å². The zero-order chi connectivity index (χ0) is 8.27. The van der Waals surface area contributed by atoms with Gasteiger partial charge in [-0.1, -0.05) is 0 Å².